The Bertz CT molecular complexity index is 1560. The molecule has 5 rings (SSSR count). The topological polar surface area (TPSA) is 98.9 Å². The molecule has 0 bridgehead atoms. The van der Waals surface area contributed by atoms with Crippen LogP contribution in [0.25, 0.3) is 5.69 Å². The van der Waals surface area contributed by atoms with Crippen molar-refractivity contribution in [2.24, 2.45) is 0 Å². The van der Waals surface area contributed by atoms with Crippen LogP contribution >= 0.6 is 11.6 Å². The van der Waals surface area contributed by atoms with E-state index in [1.165, 1.54) is 7.11 Å². The monoisotopic (exact) mass is 608 g/mol. The number of carbonyl (C=O) groups is 1. The number of hydrogen-bond donors (Lipinski definition) is 0. The second-order valence-corrected chi connectivity index (χ2v) is 10.8. The van der Waals surface area contributed by atoms with Gasteiger partial charge in [-0.3, -0.25) is 4.68 Å². The number of para-hydroxylation sites is 1. The number of aromatic nitrogens is 4. The number of esters is 1. The van der Waals surface area contributed by atoms with E-state index >= 15 is 0 Å². The molecule has 0 unspecified atom stereocenters. The number of nitrogens with zero attached hydrogens (tertiary/aromatic N) is 4. The number of benzene rings is 2. The number of fused-ring (bicyclic) bond motifs is 3. The average Bonchev–Trinajstić information content (AvgIpc) is 3.69. The molecule has 0 aliphatic carbocycles. The molecule has 3 heterocycles. The molecular formula is C32H37ClN4O6. The van der Waals surface area contributed by atoms with Crippen molar-refractivity contribution in [3.8, 4) is 17.2 Å². The van der Waals surface area contributed by atoms with Gasteiger partial charge in [-0.05, 0) is 55.7 Å². The Hall–Kier alpha value is -3.86. The number of halogens is 1. The van der Waals surface area contributed by atoms with Crippen LogP contribution in [0.5, 0.6) is 11.5 Å². The molecule has 4 aromatic rings. The predicted molar refractivity (Wildman–Crippen MR) is 161 cm³/mol. The van der Waals surface area contributed by atoms with E-state index in [0.29, 0.717) is 48.0 Å². The van der Waals surface area contributed by atoms with Gasteiger partial charge in [-0.2, -0.15) is 0 Å². The lowest BCUT2D eigenvalue weighted by Gasteiger charge is -2.28. The summed E-state index contributed by atoms with van der Waals surface area (Å²) in [5, 5.41) is 9.21. The second-order valence-electron chi connectivity index (χ2n) is 10.3. The molecule has 0 spiro atoms. The van der Waals surface area contributed by atoms with Crippen molar-refractivity contribution in [3.63, 3.8) is 0 Å². The Morgan fingerprint density at radius 2 is 1.86 bits per heavy atom. The van der Waals surface area contributed by atoms with Crippen molar-refractivity contribution in [2.75, 3.05) is 21.3 Å². The maximum absolute atomic E-state index is 12.4. The number of ether oxygens (including phenoxy) is 5. The van der Waals surface area contributed by atoms with Crippen molar-refractivity contribution in [3.05, 3.63) is 88.5 Å². The third kappa shape index (κ3) is 6.00. The maximum Gasteiger partial charge on any atom is 0.338 e. The van der Waals surface area contributed by atoms with E-state index in [1.54, 1.807) is 18.9 Å². The van der Waals surface area contributed by atoms with Crippen molar-refractivity contribution in [2.45, 2.75) is 64.1 Å². The van der Waals surface area contributed by atoms with Crippen LogP contribution in [0.4, 0.5) is 0 Å². The highest BCUT2D eigenvalue weighted by Gasteiger charge is 2.37. The summed E-state index contributed by atoms with van der Waals surface area (Å²) in [5.74, 6) is 0.838. The first-order valence-electron chi connectivity index (χ1n) is 14.3. The number of carbonyl (C=O) groups excluding carboxylic acids is 1. The Kier molecular flexibility index (Phi) is 9.39. The summed E-state index contributed by atoms with van der Waals surface area (Å²) in [4.78, 5) is 12.4. The normalized spacial score (nSPS) is 16.2. The fourth-order valence-corrected chi connectivity index (χ4v) is 5.86. The van der Waals surface area contributed by atoms with Gasteiger partial charge in [0.2, 0.25) is 0 Å². The highest BCUT2D eigenvalue weighted by molar-refractivity contribution is 6.30. The SMILES string of the molecule is CCC(CC)(OCc1cn(CC[C@H]2O[C@H](c3cccc(OC)c3OC)c3cc(Cl)ccc3-n3cccc32)nn1)C(=O)OC. The molecule has 0 fully saturated rings. The van der Waals surface area contributed by atoms with E-state index < -0.39 is 11.7 Å². The van der Waals surface area contributed by atoms with Gasteiger partial charge in [-0.25, -0.2) is 4.79 Å². The van der Waals surface area contributed by atoms with E-state index in [9.17, 15) is 4.79 Å². The molecule has 2 aromatic carbocycles. The van der Waals surface area contributed by atoms with Crippen molar-refractivity contribution in [1.82, 2.24) is 19.6 Å². The van der Waals surface area contributed by atoms with Crippen molar-refractivity contribution < 1.29 is 28.5 Å². The van der Waals surface area contributed by atoms with Gasteiger partial charge in [-0.15, -0.1) is 5.10 Å². The van der Waals surface area contributed by atoms with Crippen LogP contribution in [0.3, 0.4) is 0 Å². The van der Waals surface area contributed by atoms with E-state index in [2.05, 4.69) is 20.9 Å². The molecule has 11 heteroatoms. The molecule has 2 aromatic heterocycles. The molecule has 0 saturated carbocycles. The highest BCUT2D eigenvalue weighted by atomic mass is 35.5. The van der Waals surface area contributed by atoms with Crippen molar-refractivity contribution in [1.29, 1.82) is 0 Å². The molecule has 0 N–H and O–H groups in total. The van der Waals surface area contributed by atoms with Gasteiger partial charge in [0, 0.05) is 28.9 Å². The Labute approximate surface area is 256 Å². The lowest BCUT2D eigenvalue weighted by Crippen LogP contribution is -2.41. The van der Waals surface area contributed by atoms with Crippen LogP contribution in [-0.4, -0.2) is 52.5 Å². The van der Waals surface area contributed by atoms with Crippen molar-refractivity contribution >= 4 is 17.6 Å². The van der Waals surface area contributed by atoms with Gasteiger partial charge in [0.1, 0.15) is 17.9 Å². The minimum Gasteiger partial charge on any atom is -0.493 e. The summed E-state index contributed by atoms with van der Waals surface area (Å²) in [6.07, 6.45) is 4.67. The summed E-state index contributed by atoms with van der Waals surface area (Å²) in [7, 11) is 4.61. The maximum atomic E-state index is 12.4. The van der Waals surface area contributed by atoms with E-state index in [0.717, 1.165) is 22.5 Å². The average molecular weight is 609 g/mol. The van der Waals surface area contributed by atoms with Gasteiger partial charge in [-0.1, -0.05) is 42.8 Å². The smallest absolute Gasteiger partial charge is 0.338 e. The standard InChI is InChI=1S/C32H37ClN4O6/c1-6-32(7-2,31(38)41-5)42-20-22-19-36(35-34-22)17-15-27-26-11-9-16-37(26)25-14-13-21(33)18-24(25)29(43-27)23-10-8-12-28(39-3)30(23)40-4/h8-14,16,18-19,27,29H,6-7,15,17,20H2,1-5H3/t27-,29-/m1/s1. The summed E-state index contributed by atoms with van der Waals surface area (Å²) >= 11 is 6.52. The van der Waals surface area contributed by atoms with Crippen LogP contribution in [0.1, 0.15) is 67.8 Å². The fraction of sp³-hybridized carbons (Fsp3) is 0.406. The minimum absolute atomic E-state index is 0.146. The fourth-order valence-electron chi connectivity index (χ4n) is 5.68. The summed E-state index contributed by atoms with van der Waals surface area (Å²) < 4.78 is 33.3. The van der Waals surface area contributed by atoms with Gasteiger partial charge >= 0.3 is 5.97 Å². The first kappa shape index (κ1) is 30.6. The van der Waals surface area contributed by atoms with E-state index in [-0.39, 0.29) is 18.7 Å². The third-order valence-electron chi connectivity index (χ3n) is 8.06. The largest absolute Gasteiger partial charge is 0.493 e. The molecule has 43 heavy (non-hydrogen) atoms. The Balaban J connectivity index is 1.41. The van der Waals surface area contributed by atoms with Crippen LogP contribution in [0, 0.1) is 0 Å². The number of hydrogen-bond acceptors (Lipinski definition) is 8. The zero-order chi connectivity index (χ0) is 30.6. The Morgan fingerprint density at radius 1 is 1.05 bits per heavy atom. The molecule has 10 nitrogen and oxygen atoms in total. The quantitative estimate of drug-likeness (QED) is 0.174. The summed E-state index contributed by atoms with van der Waals surface area (Å²) in [6, 6.07) is 15.7. The molecule has 0 amide bonds. The van der Waals surface area contributed by atoms with Gasteiger partial charge in [0.05, 0.1) is 45.5 Å². The zero-order valence-electron chi connectivity index (χ0n) is 25.1. The molecule has 1 aliphatic rings. The zero-order valence-corrected chi connectivity index (χ0v) is 25.8. The van der Waals surface area contributed by atoms with Crippen LogP contribution in [0.15, 0.2) is 60.9 Å². The summed E-state index contributed by atoms with van der Waals surface area (Å²) in [5.41, 5.74) is 3.35. The van der Waals surface area contributed by atoms with Crippen LogP contribution < -0.4 is 9.47 Å². The number of methoxy groups -OCH3 is 3. The first-order chi connectivity index (χ1) is 20.9. The highest BCUT2D eigenvalue weighted by Crippen LogP contribution is 2.46. The van der Waals surface area contributed by atoms with Crippen LogP contribution in [-0.2, 0) is 32.2 Å². The summed E-state index contributed by atoms with van der Waals surface area (Å²) in [6.45, 7) is 4.49. The number of aryl methyl sites for hydroxylation is 1. The first-order valence-corrected chi connectivity index (χ1v) is 14.7. The van der Waals surface area contributed by atoms with Crippen LogP contribution in [0.2, 0.25) is 5.02 Å². The van der Waals surface area contributed by atoms with E-state index in [1.807, 2.05) is 68.7 Å². The van der Waals surface area contributed by atoms with Gasteiger partial charge < -0.3 is 28.3 Å². The minimum atomic E-state index is -1.01. The molecular weight excluding hydrogens is 572 g/mol. The lowest BCUT2D eigenvalue weighted by atomic mass is 9.97. The lowest BCUT2D eigenvalue weighted by molar-refractivity contribution is -0.173. The molecule has 0 radical (unpaired) electrons. The number of rotatable bonds is 12. The molecule has 1 aliphatic heterocycles. The predicted octanol–water partition coefficient (Wildman–Crippen LogP) is 6.24. The molecule has 2 atom stereocenters. The van der Waals surface area contributed by atoms with E-state index in [4.69, 9.17) is 35.3 Å². The van der Waals surface area contributed by atoms with Gasteiger partial charge in [0.25, 0.3) is 0 Å². The molecule has 228 valence electrons. The van der Waals surface area contributed by atoms with Gasteiger partial charge in [0.15, 0.2) is 17.1 Å². The molecule has 0 saturated heterocycles. The second kappa shape index (κ2) is 13.2. The Morgan fingerprint density at radius 3 is 2.58 bits per heavy atom. The third-order valence-corrected chi connectivity index (χ3v) is 8.30.